The summed E-state index contributed by atoms with van der Waals surface area (Å²) in [6.07, 6.45) is 5.65. The standard InChI is InChI=1S/C11H17N3O/c1-8(2)11(3-4-11)7-14-9-10(15)13-6-5-12-9/h5-6,8H,3-4,7H2,1-2H3,(H,12,14)(H,13,15). The van der Waals surface area contributed by atoms with Crippen molar-refractivity contribution in [3.05, 3.63) is 22.7 Å². The summed E-state index contributed by atoms with van der Waals surface area (Å²) in [6, 6.07) is 0. The fraction of sp³-hybridized carbons (Fsp3) is 0.636. The maximum atomic E-state index is 11.3. The normalized spacial score (nSPS) is 17.8. The highest BCUT2D eigenvalue weighted by Gasteiger charge is 2.45. The van der Waals surface area contributed by atoms with Crippen molar-refractivity contribution in [2.75, 3.05) is 11.9 Å². The minimum Gasteiger partial charge on any atom is -0.365 e. The van der Waals surface area contributed by atoms with Gasteiger partial charge in [-0.15, -0.1) is 0 Å². The number of nitrogens with one attached hydrogen (secondary N) is 2. The molecule has 1 saturated carbocycles. The first-order chi connectivity index (χ1) is 7.14. The molecule has 0 aliphatic heterocycles. The minimum atomic E-state index is -0.142. The number of H-pyrrole nitrogens is 1. The van der Waals surface area contributed by atoms with Crippen LogP contribution in [-0.2, 0) is 0 Å². The van der Waals surface area contributed by atoms with Crippen LogP contribution in [0.3, 0.4) is 0 Å². The fourth-order valence-corrected chi connectivity index (χ4v) is 1.86. The Labute approximate surface area is 89.1 Å². The maximum Gasteiger partial charge on any atom is 0.290 e. The summed E-state index contributed by atoms with van der Waals surface area (Å²) in [7, 11) is 0. The van der Waals surface area contributed by atoms with Crippen LogP contribution in [-0.4, -0.2) is 16.5 Å². The summed E-state index contributed by atoms with van der Waals surface area (Å²) >= 11 is 0. The third-order valence-corrected chi connectivity index (χ3v) is 3.43. The van der Waals surface area contributed by atoms with Gasteiger partial charge in [-0.25, -0.2) is 4.98 Å². The number of aromatic amines is 1. The van der Waals surface area contributed by atoms with E-state index in [4.69, 9.17) is 0 Å². The molecule has 1 aromatic rings. The van der Waals surface area contributed by atoms with Crippen molar-refractivity contribution in [1.29, 1.82) is 0 Å². The van der Waals surface area contributed by atoms with Gasteiger partial charge in [-0.2, -0.15) is 0 Å². The van der Waals surface area contributed by atoms with Crippen LogP contribution in [0.1, 0.15) is 26.7 Å². The molecule has 82 valence electrons. The second-order valence-corrected chi connectivity index (χ2v) is 4.64. The van der Waals surface area contributed by atoms with Crippen LogP contribution in [0.15, 0.2) is 17.2 Å². The summed E-state index contributed by atoms with van der Waals surface area (Å²) in [5.74, 6) is 1.09. The first kappa shape index (κ1) is 10.2. The summed E-state index contributed by atoms with van der Waals surface area (Å²) in [6.45, 7) is 5.32. The second kappa shape index (κ2) is 3.68. The highest BCUT2D eigenvalue weighted by molar-refractivity contribution is 5.31. The Kier molecular flexibility index (Phi) is 2.50. The molecule has 4 heteroatoms. The zero-order chi connectivity index (χ0) is 10.9. The minimum absolute atomic E-state index is 0.142. The zero-order valence-electron chi connectivity index (χ0n) is 9.21. The molecule has 1 heterocycles. The van der Waals surface area contributed by atoms with Gasteiger partial charge >= 0.3 is 0 Å². The van der Waals surface area contributed by atoms with Crippen LogP contribution in [0, 0.1) is 11.3 Å². The Bertz CT molecular complexity index is 393. The summed E-state index contributed by atoms with van der Waals surface area (Å²) in [5.41, 5.74) is 0.251. The van der Waals surface area contributed by atoms with E-state index in [1.807, 2.05) is 0 Å². The van der Waals surface area contributed by atoms with Gasteiger partial charge in [0, 0.05) is 18.9 Å². The lowest BCUT2D eigenvalue weighted by atomic mass is 9.92. The Morgan fingerprint density at radius 1 is 1.60 bits per heavy atom. The number of hydrogen-bond donors (Lipinski definition) is 2. The van der Waals surface area contributed by atoms with Crippen molar-refractivity contribution in [2.45, 2.75) is 26.7 Å². The van der Waals surface area contributed by atoms with E-state index < -0.39 is 0 Å². The van der Waals surface area contributed by atoms with Gasteiger partial charge in [0.25, 0.3) is 5.56 Å². The van der Waals surface area contributed by atoms with Gasteiger partial charge in [0.2, 0.25) is 0 Å². The summed E-state index contributed by atoms with van der Waals surface area (Å²) in [4.78, 5) is 18.0. The Morgan fingerprint density at radius 2 is 2.33 bits per heavy atom. The van der Waals surface area contributed by atoms with E-state index in [9.17, 15) is 4.79 Å². The summed E-state index contributed by atoms with van der Waals surface area (Å²) in [5, 5.41) is 3.14. The number of rotatable bonds is 4. The number of nitrogens with zero attached hydrogens (tertiary/aromatic N) is 1. The molecule has 4 nitrogen and oxygen atoms in total. The predicted octanol–water partition coefficient (Wildman–Crippen LogP) is 1.62. The van der Waals surface area contributed by atoms with Gasteiger partial charge in [0.15, 0.2) is 5.82 Å². The first-order valence-electron chi connectivity index (χ1n) is 5.42. The highest BCUT2D eigenvalue weighted by atomic mass is 16.1. The van der Waals surface area contributed by atoms with Gasteiger partial charge in [-0.3, -0.25) is 4.79 Å². The molecule has 15 heavy (non-hydrogen) atoms. The Balaban J connectivity index is 2.00. The molecule has 0 saturated heterocycles. The molecule has 0 spiro atoms. The Hall–Kier alpha value is -1.32. The van der Waals surface area contributed by atoms with Gasteiger partial charge < -0.3 is 10.3 Å². The van der Waals surface area contributed by atoms with Crippen LogP contribution < -0.4 is 10.9 Å². The first-order valence-corrected chi connectivity index (χ1v) is 5.42. The summed E-state index contributed by atoms with van der Waals surface area (Å²) < 4.78 is 0. The van der Waals surface area contributed by atoms with Gasteiger partial charge in [0.1, 0.15) is 0 Å². The van der Waals surface area contributed by atoms with Gasteiger partial charge in [0.05, 0.1) is 0 Å². The molecule has 1 fully saturated rings. The van der Waals surface area contributed by atoms with E-state index in [-0.39, 0.29) is 5.56 Å². The van der Waals surface area contributed by atoms with E-state index in [2.05, 4.69) is 29.1 Å². The number of aromatic nitrogens is 2. The SMILES string of the molecule is CC(C)C1(CNc2ncc[nH]c2=O)CC1. The van der Waals surface area contributed by atoms with Crippen LogP contribution >= 0.6 is 0 Å². The van der Waals surface area contributed by atoms with Crippen molar-refractivity contribution < 1.29 is 0 Å². The third-order valence-electron chi connectivity index (χ3n) is 3.43. The highest BCUT2D eigenvalue weighted by Crippen LogP contribution is 2.51. The van der Waals surface area contributed by atoms with Crippen LogP contribution in [0.25, 0.3) is 0 Å². The molecule has 2 N–H and O–H groups in total. The topological polar surface area (TPSA) is 57.8 Å². The lowest BCUT2D eigenvalue weighted by Crippen LogP contribution is -2.24. The molecule has 0 aromatic carbocycles. The average molecular weight is 207 g/mol. The molecule has 0 bridgehead atoms. The van der Waals surface area contributed by atoms with Crippen molar-refractivity contribution >= 4 is 5.82 Å². The quantitative estimate of drug-likeness (QED) is 0.788. The van der Waals surface area contributed by atoms with Crippen LogP contribution in [0.2, 0.25) is 0 Å². The van der Waals surface area contributed by atoms with Crippen molar-refractivity contribution in [3.8, 4) is 0 Å². The van der Waals surface area contributed by atoms with E-state index in [0.29, 0.717) is 17.2 Å². The van der Waals surface area contributed by atoms with Crippen molar-refractivity contribution in [1.82, 2.24) is 9.97 Å². The van der Waals surface area contributed by atoms with Crippen LogP contribution in [0.4, 0.5) is 5.82 Å². The molecular formula is C11H17N3O. The lowest BCUT2D eigenvalue weighted by molar-refractivity contribution is 0.379. The van der Waals surface area contributed by atoms with E-state index in [0.717, 1.165) is 6.54 Å². The third kappa shape index (κ3) is 2.03. The molecular weight excluding hydrogens is 190 g/mol. The molecule has 0 atom stereocenters. The zero-order valence-corrected chi connectivity index (χ0v) is 9.21. The molecule has 0 unspecified atom stereocenters. The molecule has 0 radical (unpaired) electrons. The lowest BCUT2D eigenvalue weighted by Gasteiger charge is -2.19. The van der Waals surface area contributed by atoms with E-state index in [1.165, 1.54) is 12.8 Å². The largest absolute Gasteiger partial charge is 0.365 e. The van der Waals surface area contributed by atoms with Gasteiger partial charge in [-0.05, 0) is 24.2 Å². The van der Waals surface area contributed by atoms with E-state index in [1.54, 1.807) is 12.4 Å². The van der Waals surface area contributed by atoms with Crippen molar-refractivity contribution in [3.63, 3.8) is 0 Å². The maximum absolute atomic E-state index is 11.3. The smallest absolute Gasteiger partial charge is 0.290 e. The van der Waals surface area contributed by atoms with Gasteiger partial charge in [-0.1, -0.05) is 13.8 Å². The molecule has 1 aromatic heterocycles. The monoisotopic (exact) mass is 207 g/mol. The predicted molar refractivity (Wildman–Crippen MR) is 59.9 cm³/mol. The fourth-order valence-electron chi connectivity index (χ4n) is 1.86. The molecule has 2 rings (SSSR count). The molecule has 1 aliphatic carbocycles. The van der Waals surface area contributed by atoms with E-state index >= 15 is 0 Å². The second-order valence-electron chi connectivity index (χ2n) is 4.64. The molecule has 1 aliphatic rings. The average Bonchev–Trinajstić information content (AvgIpc) is 2.98. The van der Waals surface area contributed by atoms with Crippen LogP contribution in [0.5, 0.6) is 0 Å². The molecule has 0 amide bonds. The van der Waals surface area contributed by atoms with Crippen molar-refractivity contribution in [2.24, 2.45) is 11.3 Å². The number of hydrogen-bond acceptors (Lipinski definition) is 3. The number of anilines is 1. The Morgan fingerprint density at radius 3 is 2.87 bits per heavy atom.